The van der Waals surface area contributed by atoms with E-state index in [9.17, 15) is 50.4 Å². The molecular weight excluding hydrogens is 623 g/mol. The summed E-state index contributed by atoms with van der Waals surface area (Å²) in [6.07, 6.45) is -12.5. The van der Waals surface area contributed by atoms with E-state index >= 15 is 0 Å². The van der Waals surface area contributed by atoms with Gasteiger partial charge < -0.3 is 70.9 Å². The largest absolute Gasteiger partial charge is 2.00 e. The Balaban J connectivity index is -0.000000490. The van der Waals surface area contributed by atoms with Crippen LogP contribution in [0.15, 0.2) is 0 Å². The molecule has 0 spiro atoms. The topological polar surface area (TPSA) is 283 Å². The molecule has 0 fully saturated rings. The average molecular weight is 654 g/mol. The molecule has 0 bridgehead atoms. The third kappa shape index (κ3) is 9.08. The van der Waals surface area contributed by atoms with Gasteiger partial charge in [0.2, 0.25) is 0 Å². The molecule has 8 atom stereocenters. The number of carboxylic acid groups (broad SMARTS) is 2. The van der Waals surface area contributed by atoms with Crippen molar-refractivity contribution >= 4 is 39.2 Å². The van der Waals surface area contributed by atoms with Crippen molar-refractivity contribution in [1.29, 1.82) is 0 Å². The number of aliphatic carboxylic acids is 2. The molecule has 14 nitrogen and oxygen atoms in total. The fraction of sp³-hybridized carbons (Fsp3) is 0.875. The van der Waals surface area contributed by atoms with Gasteiger partial charge in [-0.15, -0.1) is 0 Å². The molecule has 0 amide bonds. The molecule has 0 aliphatic carbocycles. The minimum absolute atomic E-state index is 0. The summed E-state index contributed by atoms with van der Waals surface area (Å²) in [5.74, 6) is -3.91. The number of carbonyl (C=O) groups excluding carboxylic acids is 2. The maximum absolute atomic E-state index is 10.5. The Morgan fingerprint density at radius 2 is 0.935 bits per heavy atom. The predicted octanol–water partition coefficient (Wildman–Crippen LogP) is -8.48. The minimum Gasteiger partial charge on any atom is -0.547 e. The Morgan fingerprint density at radius 1 is 0.710 bits per heavy atom. The van der Waals surface area contributed by atoms with Gasteiger partial charge in [-0.3, -0.25) is 0 Å². The van der Waals surface area contributed by atoms with Gasteiger partial charge in [-0.1, -0.05) is 13.8 Å². The predicted molar refractivity (Wildman–Crippen MR) is 96.5 cm³/mol. The van der Waals surface area contributed by atoms with Gasteiger partial charge in [0, 0.05) is 0 Å². The summed E-state index contributed by atoms with van der Waals surface area (Å²) < 4.78 is 0. The van der Waals surface area contributed by atoms with E-state index in [2.05, 4.69) is 0 Å². The van der Waals surface area contributed by atoms with Crippen LogP contribution in [0.1, 0.15) is 26.7 Å². The number of aliphatic hydroxyl groups is 10. The van der Waals surface area contributed by atoms with E-state index in [0.717, 1.165) is 0 Å². The fourth-order valence-electron chi connectivity index (χ4n) is 2.15. The molecule has 182 valence electrons. The summed E-state index contributed by atoms with van der Waals surface area (Å²) in [5, 5.41) is 112. The number of carbonyl (C=O) groups is 2. The van der Waals surface area contributed by atoms with Crippen molar-refractivity contribution in [3.63, 3.8) is 0 Å². The summed E-state index contributed by atoms with van der Waals surface area (Å²) in [5.41, 5.74) is -5.31. The van der Waals surface area contributed by atoms with Crippen molar-refractivity contribution in [3.8, 4) is 0 Å². The number of aliphatic hydroxyl groups excluding tert-OH is 8. The van der Waals surface area contributed by atoms with Crippen molar-refractivity contribution in [1.82, 2.24) is 0 Å². The van der Waals surface area contributed by atoms with E-state index in [1.165, 1.54) is 13.8 Å². The molecule has 0 saturated heterocycles. The second-order valence-electron chi connectivity index (χ2n) is 6.50. The van der Waals surface area contributed by atoms with Crippen molar-refractivity contribution in [2.75, 3.05) is 13.2 Å². The van der Waals surface area contributed by atoms with Crippen LogP contribution in [0.2, 0.25) is 0 Å². The SMILES string of the molecule is CCC(O)(C(=O)[O-])C(O)C(O)C(O)CO.CCC(O)(C(=O)[O-])C(O)C(O)C(O)CO.[Pb+2]. The molecule has 0 rings (SSSR count). The molecule has 0 heterocycles. The molecule has 31 heavy (non-hydrogen) atoms. The normalized spacial score (nSPS) is 20.8. The van der Waals surface area contributed by atoms with E-state index in [-0.39, 0.29) is 27.3 Å². The second kappa shape index (κ2) is 15.3. The number of rotatable bonds is 12. The second-order valence-corrected chi connectivity index (χ2v) is 6.50. The van der Waals surface area contributed by atoms with Gasteiger partial charge in [0.15, 0.2) is 0 Å². The number of hydrogen-bond donors (Lipinski definition) is 10. The first-order chi connectivity index (χ1) is 13.6. The zero-order chi connectivity index (χ0) is 24.4. The molecular formula is C16H30O14Pb. The van der Waals surface area contributed by atoms with Crippen LogP contribution in [0, 0.1) is 0 Å². The van der Waals surface area contributed by atoms with Crippen LogP contribution in [-0.4, -0.2) is 151 Å². The van der Waals surface area contributed by atoms with Gasteiger partial charge in [0.1, 0.15) is 47.8 Å². The Morgan fingerprint density at radius 3 is 1.06 bits per heavy atom. The van der Waals surface area contributed by atoms with E-state index in [1.54, 1.807) is 0 Å². The molecule has 0 aliphatic rings. The molecule has 0 aromatic carbocycles. The maximum Gasteiger partial charge on any atom is 2.00 e. The number of carboxylic acids is 2. The third-order valence-corrected chi connectivity index (χ3v) is 4.57. The first-order valence-corrected chi connectivity index (χ1v) is 8.79. The van der Waals surface area contributed by atoms with Gasteiger partial charge >= 0.3 is 27.3 Å². The summed E-state index contributed by atoms with van der Waals surface area (Å²) >= 11 is 0. The van der Waals surface area contributed by atoms with E-state index in [1.807, 2.05) is 0 Å². The average Bonchev–Trinajstić information content (AvgIpc) is 2.74. The first kappa shape index (κ1) is 35.1. The molecule has 0 saturated carbocycles. The molecule has 2 radical (unpaired) electrons. The van der Waals surface area contributed by atoms with Crippen LogP contribution in [0.5, 0.6) is 0 Å². The Hall–Kier alpha value is -0.538. The molecule has 15 heteroatoms. The van der Waals surface area contributed by atoms with Crippen molar-refractivity contribution in [2.24, 2.45) is 0 Å². The van der Waals surface area contributed by atoms with Crippen LogP contribution < -0.4 is 10.2 Å². The van der Waals surface area contributed by atoms with Crippen molar-refractivity contribution in [3.05, 3.63) is 0 Å². The van der Waals surface area contributed by atoms with E-state index in [0.29, 0.717) is 0 Å². The Kier molecular flexibility index (Phi) is 17.3. The third-order valence-electron chi connectivity index (χ3n) is 4.57. The van der Waals surface area contributed by atoms with E-state index in [4.69, 9.17) is 20.4 Å². The van der Waals surface area contributed by atoms with Crippen LogP contribution in [0.25, 0.3) is 0 Å². The van der Waals surface area contributed by atoms with Crippen LogP contribution in [0.4, 0.5) is 0 Å². The summed E-state index contributed by atoms with van der Waals surface area (Å²) in [6, 6.07) is 0. The molecule has 10 N–H and O–H groups in total. The Bertz CT molecular complexity index is 490. The van der Waals surface area contributed by atoms with Gasteiger partial charge in [-0.2, -0.15) is 0 Å². The monoisotopic (exact) mass is 654 g/mol. The maximum atomic E-state index is 10.5. The van der Waals surface area contributed by atoms with E-state index < -0.39 is 85.8 Å². The molecule has 8 unspecified atom stereocenters. The van der Waals surface area contributed by atoms with Gasteiger partial charge in [0.25, 0.3) is 0 Å². The quantitative estimate of drug-likeness (QED) is 0.0876. The van der Waals surface area contributed by atoms with Crippen molar-refractivity contribution < 1.29 is 70.9 Å². The van der Waals surface area contributed by atoms with Crippen LogP contribution in [-0.2, 0) is 9.59 Å². The standard InChI is InChI=1S/2C8H16O7.Pb/c2*1-2-8(15,7(13)14)6(12)5(11)4(10)3-9;/h2*4-6,9-12,15H,2-3H2,1H3,(H,13,14);/q;;+2/p-2. The summed E-state index contributed by atoms with van der Waals surface area (Å²) in [7, 11) is 0. The van der Waals surface area contributed by atoms with Gasteiger partial charge in [0.05, 0.1) is 25.2 Å². The molecule has 0 aromatic rings. The van der Waals surface area contributed by atoms with Gasteiger partial charge in [-0.25, -0.2) is 0 Å². The zero-order valence-corrected chi connectivity index (χ0v) is 20.8. The van der Waals surface area contributed by atoms with Gasteiger partial charge in [-0.05, 0) is 12.8 Å². The van der Waals surface area contributed by atoms with Crippen molar-refractivity contribution in [2.45, 2.75) is 74.5 Å². The fourth-order valence-corrected chi connectivity index (χ4v) is 2.15. The zero-order valence-electron chi connectivity index (χ0n) is 16.9. The number of hydrogen-bond acceptors (Lipinski definition) is 14. The smallest absolute Gasteiger partial charge is 0.547 e. The summed E-state index contributed by atoms with van der Waals surface area (Å²) in [6.45, 7) is 0.782. The molecule has 0 aromatic heterocycles. The van der Waals surface area contributed by atoms with Crippen LogP contribution >= 0.6 is 0 Å². The summed E-state index contributed by atoms with van der Waals surface area (Å²) in [4.78, 5) is 21.1. The Labute approximate surface area is 197 Å². The molecule has 0 aliphatic heterocycles. The minimum atomic E-state index is -2.66. The first-order valence-electron chi connectivity index (χ1n) is 8.79. The van der Waals surface area contributed by atoms with Crippen LogP contribution in [0.3, 0.4) is 0 Å².